The molecule has 0 saturated carbocycles. The summed E-state index contributed by atoms with van der Waals surface area (Å²) in [6.45, 7) is 0. The molecule has 1 rings (SSSR count). The number of hydrogen-bond donors (Lipinski definition) is 5. The Bertz CT molecular complexity index is 462. The molecule has 98 valence electrons. The summed E-state index contributed by atoms with van der Waals surface area (Å²) in [5, 5.41) is 6.12. The molecule has 0 radical (unpaired) electrons. The Hall–Kier alpha value is 0.410. The number of hydrogen-bond acceptors (Lipinski definition) is 4. The third-order valence-corrected chi connectivity index (χ3v) is 5.82. The molecule has 1 aromatic rings. The summed E-state index contributed by atoms with van der Waals surface area (Å²) in [4.78, 5) is 39.1. The predicted molar refractivity (Wildman–Crippen MR) is 64.1 cm³/mol. The van der Waals surface area contributed by atoms with Crippen molar-refractivity contribution in [2.24, 2.45) is 0 Å². The van der Waals surface area contributed by atoms with Crippen LogP contribution in [0.25, 0.3) is 0 Å². The normalized spacial score (nSPS) is 12.9. The predicted octanol–water partition coefficient (Wildman–Crippen LogP) is -1.02. The fourth-order valence-corrected chi connectivity index (χ4v) is 3.21. The van der Waals surface area contributed by atoms with Gasteiger partial charge in [0.25, 0.3) is 5.08 Å². The van der Waals surface area contributed by atoms with Crippen molar-refractivity contribution in [1.29, 1.82) is 0 Å². The van der Waals surface area contributed by atoms with Gasteiger partial charge in [-0.1, -0.05) is 6.07 Å². The number of aliphatic hydroxyl groups is 1. The fourth-order valence-electron chi connectivity index (χ4n) is 1.12. The number of aromatic nitrogens is 1. The Morgan fingerprint density at radius 2 is 1.61 bits per heavy atom. The Labute approximate surface area is 125 Å². The first kappa shape index (κ1) is 18.4. The van der Waals surface area contributed by atoms with Gasteiger partial charge in [0.15, 0.2) is 0 Å². The van der Waals surface area contributed by atoms with Crippen LogP contribution in [0.5, 0.6) is 0 Å². The molecule has 0 aliphatic rings. The molecule has 8 nitrogen and oxygen atoms in total. The van der Waals surface area contributed by atoms with Crippen LogP contribution in [0.4, 0.5) is 0 Å². The van der Waals surface area contributed by atoms with Crippen LogP contribution in [0.1, 0.15) is 5.69 Å². The van der Waals surface area contributed by atoms with E-state index in [1.807, 2.05) is 0 Å². The summed E-state index contributed by atoms with van der Waals surface area (Å²) in [5.41, 5.74) is -0.0401. The van der Waals surface area contributed by atoms with E-state index in [2.05, 4.69) is 4.98 Å². The van der Waals surface area contributed by atoms with Crippen LogP contribution in [-0.2, 0) is 15.6 Å². The summed E-state index contributed by atoms with van der Waals surface area (Å²) < 4.78 is 22.1. The third-order valence-electron chi connectivity index (χ3n) is 2.08. The van der Waals surface area contributed by atoms with E-state index in [1.54, 1.807) is 0 Å². The summed E-state index contributed by atoms with van der Waals surface area (Å²) in [5.74, 6) is 0. The summed E-state index contributed by atoms with van der Waals surface area (Å²) in [6.07, 6.45) is 0.331. The van der Waals surface area contributed by atoms with Crippen molar-refractivity contribution in [1.82, 2.24) is 4.98 Å². The van der Waals surface area contributed by atoms with Gasteiger partial charge in [0.2, 0.25) is 0 Å². The van der Waals surface area contributed by atoms with Crippen molar-refractivity contribution in [2.75, 3.05) is 0 Å². The van der Waals surface area contributed by atoms with E-state index in [0.717, 1.165) is 0 Å². The van der Waals surface area contributed by atoms with Crippen LogP contribution in [0, 0.1) is 0 Å². The molecule has 5 N–H and O–H groups in total. The Balaban J connectivity index is 0.00000289. The summed E-state index contributed by atoms with van der Waals surface area (Å²) >= 11 is 0. The minimum absolute atomic E-state index is 0. The van der Waals surface area contributed by atoms with E-state index in [4.69, 9.17) is 19.6 Å². The van der Waals surface area contributed by atoms with Crippen molar-refractivity contribution >= 4 is 44.7 Å². The quantitative estimate of drug-likeness (QED) is 0.350. The summed E-state index contributed by atoms with van der Waals surface area (Å²) in [7, 11) is -10.8. The third kappa shape index (κ3) is 3.95. The van der Waals surface area contributed by atoms with E-state index in [9.17, 15) is 14.2 Å². The zero-order chi connectivity index (χ0) is 13.3. The molecule has 0 spiro atoms. The first-order valence-corrected chi connectivity index (χ1v) is 7.54. The maximum atomic E-state index is 11.0. The van der Waals surface area contributed by atoms with Crippen LogP contribution < -0.4 is 0 Å². The van der Waals surface area contributed by atoms with Gasteiger partial charge in [-0.2, -0.15) is 0 Å². The van der Waals surface area contributed by atoms with Crippen LogP contribution in [0.15, 0.2) is 24.4 Å². The van der Waals surface area contributed by atoms with Crippen molar-refractivity contribution in [3.05, 3.63) is 30.1 Å². The Morgan fingerprint density at radius 1 is 1.11 bits per heavy atom. The fraction of sp³-hybridized carbons (Fsp3) is 0.286. The van der Waals surface area contributed by atoms with E-state index in [-0.39, 0.29) is 35.3 Å². The molecule has 0 atom stereocenters. The average Bonchev–Trinajstić information content (AvgIpc) is 2.15. The number of nitrogens with zero attached hydrogens (tertiary/aromatic N) is 1. The van der Waals surface area contributed by atoms with E-state index in [0.29, 0.717) is 0 Å². The van der Waals surface area contributed by atoms with E-state index < -0.39 is 26.7 Å². The van der Waals surface area contributed by atoms with Gasteiger partial charge in [-0.05, 0) is 12.1 Å². The first-order chi connectivity index (χ1) is 7.58. The molecule has 0 saturated heterocycles. The standard InChI is InChI=1S/C7H11NO7P2.Na.H/c9-7(16(10,11)12,17(13,14)15)5-6-3-1-2-4-8-6;;/h1-4,9H,5H2,(H2,10,11,12)(H2,13,14,15);;. The van der Waals surface area contributed by atoms with E-state index in [1.165, 1.54) is 24.4 Å². The molecule has 0 aliphatic heterocycles. The Morgan fingerprint density at radius 3 is 1.94 bits per heavy atom. The molecule has 1 aromatic heterocycles. The summed E-state index contributed by atoms with van der Waals surface area (Å²) in [6, 6.07) is 4.26. The molecular formula is C7H12NNaO7P2. The molecular weight excluding hydrogens is 295 g/mol. The van der Waals surface area contributed by atoms with Gasteiger partial charge >= 0.3 is 44.7 Å². The van der Waals surface area contributed by atoms with Crippen molar-refractivity contribution < 1.29 is 33.8 Å². The molecule has 0 amide bonds. The van der Waals surface area contributed by atoms with Gasteiger partial charge < -0.3 is 24.7 Å². The van der Waals surface area contributed by atoms with Crippen LogP contribution in [-0.4, -0.2) is 64.3 Å². The van der Waals surface area contributed by atoms with Crippen LogP contribution in [0.3, 0.4) is 0 Å². The second-order valence-corrected chi connectivity index (χ2v) is 7.37. The molecule has 0 fully saturated rings. The molecule has 0 aliphatic carbocycles. The van der Waals surface area contributed by atoms with Gasteiger partial charge in [-0.3, -0.25) is 14.1 Å². The zero-order valence-electron chi connectivity index (χ0n) is 8.41. The van der Waals surface area contributed by atoms with Crippen LogP contribution in [0.2, 0.25) is 0 Å². The van der Waals surface area contributed by atoms with Gasteiger partial charge in [-0.15, -0.1) is 0 Å². The number of rotatable bonds is 4. The molecule has 11 heteroatoms. The molecule has 1 heterocycles. The SMILES string of the molecule is O=P(O)(O)C(O)(Cc1ccccn1)P(=O)(O)O.[NaH]. The van der Waals surface area contributed by atoms with Crippen molar-refractivity contribution in [3.8, 4) is 0 Å². The molecule has 0 bridgehead atoms. The Kier molecular flexibility index (Phi) is 6.38. The topological polar surface area (TPSA) is 148 Å². The average molecular weight is 307 g/mol. The maximum absolute atomic E-state index is 11.0. The molecule has 0 unspecified atom stereocenters. The van der Waals surface area contributed by atoms with Crippen molar-refractivity contribution in [2.45, 2.75) is 11.5 Å². The van der Waals surface area contributed by atoms with Gasteiger partial charge in [0, 0.05) is 18.3 Å². The van der Waals surface area contributed by atoms with Crippen molar-refractivity contribution in [3.63, 3.8) is 0 Å². The van der Waals surface area contributed by atoms with Gasteiger partial charge in [0.05, 0.1) is 0 Å². The van der Waals surface area contributed by atoms with Gasteiger partial charge in [-0.25, -0.2) is 0 Å². The monoisotopic (exact) mass is 307 g/mol. The van der Waals surface area contributed by atoms with Gasteiger partial charge in [0.1, 0.15) is 0 Å². The number of pyridine rings is 1. The van der Waals surface area contributed by atoms with E-state index >= 15 is 0 Å². The molecule has 18 heavy (non-hydrogen) atoms. The van der Waals surface area contributed by atoms with Crippen LogP contribution >= 0.6 is 15.2 Å². The second-order valence-electron chi connectivity index (χ2n) is 3.36. The second kappa shape index (κ2) is 6.24. The zero-order valence-corrected chi connectivity index (χ0v) is 10.2. The minimum atomic E-state index is -5.42. The first-order valence-electron chi connectivity index (χ1n) is 4.31. The molecule has 0 aromatic carbocycles.